The van der Waals surface area contributed by atoms with Gasteiger partial charge in [-0.25, -0.2) is 13.4 Å². The Morgan fingerprint density at radius 2 is 1.85 bits per heavy atom. The van der Waals surface area contributed by atoms with E-state index >= 15 is 0 Å². The van der Waals surface area contributed by atoms with Crippen molar-refractivity contribution in [3.8, 4) is 11.3 Å². The largest absolute Gasteiger partial charge is 0.387 e. The minimum Gasteiger partial charge on any atom is -0.387 e. The number of hydrogen-bond donors (Lipinski definition) is 2. The highest BCUT2D eigenvalue weighted by atomic mass is 32.2. The van der Waals surface area contributed by atoms with Crippen LogP contribution < -0.4 is 15.5 Å². The van der Waals surface area contributed by atoms with Crippen molar-refractivity contribution in [2.24, 2.45) is 0 Å². The predicted molar refractivity (Wildman–Crippen MR) is 131 cm³/mol. The average Bonchev–Trinajstić information content (AvgIpc) is 2.84. The van der Waals surface area contributed by atoms with Gasteiger partial charge in [-0.05, 0) is 60.3 Å². The highest BCUT2D eigenvalue weighted by molar-refractivity contribution is 7.90. The van der Waals surface area contributed by atoms with Crippen LogP contribution in [0.4, 0.5) is 17.2 Å². The molecule has 0 radical (unpaired) electrons. The zero-order valence-corrected chi connectivity index (χ0v) is 19.2. The third-order valence-electron chi connectivity index (χ3n) is 5.88. The van der Waals surface area contributed by atoms with Crippen molar-refractivity contribution >= 4 is 33.1 Å². The number of rotatable bonds is 5. The van der Waals surface area contributed by atoms with E-state index in [0.29, 0.717) is 6.54 Å². The second-order valence-electron chi connectivity index (χ2n) is 8.21. The van der Waals surface area contributed by atoms with E-state index in [1.807, 2.05) is 24.4 Å². The Kier molecular flexibility index (Phi) is 5.78. The number of morpholine rings is 1. The molecule has 2 aliphatic rings. The zero-order valence-electron chi connectivity index (χ0n) is 18.4. The molecule has 0 saturated carbocycles. The normalized spacial score (nSPS) is 15.6. The number of pyridine rings is 1. The number of fused-ring (bicyclic) bond motifs is 1. The molecule has 0 bridgehead atoms. The lowest BCUT2D eigenvalue weighted by atomic mass is 10.0. The van der Waals surface area contributed by atoms with Gasteiger partial charge >= 0.3 is 0 Å². The van der Waals surface area contributed by atoms with E-state index in [4.69, 9.17) is 9.72 Å². The molecule has 1 fully saturated rings. The monoisotopic (exact) mass is 462 g/mol. The second-order valence-corrected chi connectivity index (χ2v) is 10.2. The predicted octanol–water partition coefficient (Wildman–Crippen LogP) is 3.81. The summed E-state index contributed by atoms with van der Waals surface area (Å²) in [6.07, 6.45) is 5.14. The fraction of sp³-hybridized carbons (Fsp3) is 0.240. The van der Waals surface area contributed by atoms with Crippen LogP contribution in [0, 0.1) is 0 Å². The van der Waals surface area contributed by atoms with E-state index < -0.39 is 9.84 Å². The quantitative estimate of drug-likeness (QED) is 0.597. The standard InChI is InChI=1S/C25H26N4O3S/c1-33(30,31)22-4-2-3-19(15-22)24-16-18-9-10-26-17-23(18)25(28-24)27-20-5-7-21(8-6-20)29-11-13-32-14-12-29/h2-10,15-16,26H,11-14,17H2,1H3,(H,27,28). The van der Waals surface area contributed by atoms with Crippen LogP contribution in [0.15, 0.2) is 65.7 Å². The van der Waals surface area contributed by atoms with E-state index in [1.54, 1.807) is 18.2 Å². The number of sulfone groups is 1. The van der Waals surface area contributed by atoms with Gasteiger partial charge in [0.2, 0.25) is 0 Å². The molecule has 2 N–H and O–H groups in total. The molecule has 2 aliphatic heterocycles. The lowest BCUT2D eigenvalue weighted by Gasteiger charge is -2.29. The molecule has 0 spiro atoms. The van der Waals surface area contributed by atoms with Crippen LogP contribution >= 0.6 is 0 Å². The summed E-state index contributed by atoms with van der Waals surface area (Å²) >= 11 is 0. The Balaban J connectivity index is 1.48. The van der Waals surface area contributed by atoms with Gasteiger partial charge in [-0.2, -0.15) is 0 Å². The molecular formula is C25H26N4O3S. The first-order valence-electron chi connectivity index (χ1n) is 10.9. The topological polar surface area (TPSA) is 83.6 Å². The van der Waals surface area contributed by atoms with E-state index in [0.717, 1.165) is 60.2 Å². The van der Waals surface area contributed by atoms with Gasteiger partial charge in [-0.15, -0.1) is 0 Å². The maximum Gasteiger partial charge on any atom is 0.175 e. The summed E-state index contributed by atoms with van der Waals surface area (Å²) in [5.74, 6) is 0.753. The number of nitrogens with zero attached hydrogens (tertiary/aromatic N) is 2. The van der Waals surface area contributed by atoms with Gasteiger partial charge in [0.05, 0.1) is 23.8 Å². The highest BCUT2D eigenvalue weighted by Crippen LogP contribution is 2.31. The van der Waals surface area contributed by atoms with Crippen LogP contribution in [-0.2, 0) is 21.1 Å². The molecule has 3 heterocycles. The van der Waals surface area contributed by atoms with Gasteiger partial charge in [0, 0.05) is 48.4 Å². The third kappa shape index (κ3) is 4.72. The molecule has 5 rings (SSSR count). The highest BCUT2D eigenvalue weighted by Gasteiger charge is 2.17. The van der Waals surface area contributed by atoms with Crippen molar-refractivity contribution in [1.82, 2.24) is 10.3 Å². The molecule has 170 valence electrons. The van der Waals surface area contributed by atoms with Crippen molar-refractivity contribution in [1.29, 1.82) is 0 Å². The Labute approximate surface area is 194 Å². The minimum absolute atomic E-state index is 0.282. The molecule has 1 aromatic heterocycles. The lowest BCUT2D eigenvalue weighted by Crippen LogP contribution is -2.36. The Morgan fingerprint density at radius 3 is 2.61 bits per heavy atom. The van der Waals surface area contributed by atoms with Gasteiger partial charge in [0.25, 0.3) is 0 Å². The molecule has 1 saturated heterocycles. The first-order valence-corrected chi connectivity index (χ1v) is 12.8. The molecule has 0 atom stereocenters. The Hall–Kier alpha value is -3.36. The maximum atomic E-state index is 12.0. The van der Waals surface area contributed by atoms with Crippen LogP contribution in [-0.4, -0.2) is 46.0 Å². The molecule has 33 heavy (non-hydrogen) atoms. The van der Waals surface area contributed by atoms with Crippen molar-refractivity contribution in [3.63, 3.8) is 0 Å². The van der Waals surface area contributed by atoms with E-state index in [1.165, 1.54) is 11.9 Å². The molecule has 2 aromatic carbocycles. The average molecular weight is 463 g/mol. The van der Waals surface area contributed by atoms with Gasteiger partial charge in [-0.1, -0.05) is 12.1 Å². The summed E-state index contributed by atoms with van der Waals surface area (Å²) in [5.41, 5.74) is 5.72. The van der Waals surface area contributed by atoms with E-state index in [-0.39, 0.29) is 4.90 Å². The Bertz CT molecular complexity index is 1300. The van der Waals surface area contributed by atoms with Crippen LogP contribution in [0.1, 0.15) is 11.1 Å². The SMILES string of the molecule is CS(=O)(=O)c1cccc(-c2cc3c(c(Nc4ccc(N5CCOCC5)cc4)n2)CNC=C3)c1. The maximum absolute atomic E-state index is 12.0. The van der Waals surface area contributed by atoms with Crippen LogP contribution in [0.5, 0.6) is 0 Å². The molecule has 0 unspecified atom stereocenters. The van der Waals surface area contributed by atoms with E-state index in [2.05, 4.69) is 39.8 Å². The summed E-state index contributed by atoms with van der Waals surface area (Å²) in [4.78, 5) is 7.48. The summed E-state index contributed by atoms with van der Waals surface area (Å²) in [7, 11) is -3.30. The fourth-order valence-electron chi connectivity index (χ4n) is 4.09. The number of benzene rings is 2. The van der Waals surface area contributed by atoms with E-state index in [9.17, 15) is 8.42 Å². The van der Waals surface area contributed by atoms with Crippen LogP contribution in [0.2, 0.25) is 0 Å². The number of aromatic nitrogens is 1. The lowest BCUT2D eigenvalue weighted by molar-refractivity contribution is 0.122. The van der Waals surface area contributed by atoms with Gasteiger partial charge in [-0.3, -0.25) is 0 Å². The third-order valence-corrected chi connectivity index (χ3v) is 6.99. The molecule has 3 aromatic rings. The van der Waals surface area contributed by atoms with Crippen molar-refractivity contribution in [2.45, 2.75) is 11.4 Å². The summed E-state index contributed by atoms with van der Waals surface area (Å²) in [6, 6.07) is 17.3. The molecule has 7 nitrogen and oxygen atoms in total. The molecule has 0 amide bonds. The summed E-state index contributed by atoms with van der Waals surface area (Å²) in [5, 5.41) is 6.72. The fourth-order valence-corrected chi connectivity index (χ4v) is 4.75. The second kappa shape index (κ2) is 8.88. The van der Waals surface area contributed by atoms with Gasteiger partial charge < -0.3 is 20.3 Å². The zero-order chi connectivity index (χ0) is 22.8. The molecular weight excluding hydrogens is 436 g/mol. The van der Waals surface area contributed by atoms with Crippen molar-refractivity contribution < 1.29 is 13.2 Å². The van der Waals surface area contributed by atoms with Gasteiger partial charge in [0.15, 0.2) is 9.84 Å². The Morgan fingerprint density at radius 1 is 1.06 bits per heavy atom. The number of anilines is 3. The molecule has 0 aliphatic carbocycles. The molecule has 8 heteroatoms. The van der Waals surface area contributed by atoms with Crippen LogP contribution in [0.3, 0.4) is 0 Å². The van der Waals surface area contributed by atoms with Crippen LogP contribution in [0.25, 0.3) is 17.3 Å². The van der Waals surface area contributed by atoms with Crippen molar-refractivity contribution in [3.05, 3.63) is 71.9 Å². The first-order chi connectivity index (χ1) is 16.0. The number of hydrogen-bond acceptors (Lipinski definition) is 7. The minimum atomic E-state index is -3.30. The van der Waals surface area contributed by atoms with Gasteiger partial charge in [0.1, 0.15) is 5.82 Å². The van der Waals surface area contributed by atoms with Crippen molar-refractivity contribution in [2.75, 3.05) is 42.8 Å². The number of nitrogens with one attached hydrogen (secondary N) is 2. The summed E-state index contributed by atoms with van der Waals surface area (Å²) in [6.45, 7) is 3.97. The first kappa shape index (κ1) is 21.5. The summed E-state index contributed by atoms with van der Waals surface area (Å²) < 4.78 is 29.5. The smallest absolute Gasteiger partial charge is 0.175 e. The number of ether oxygens (including phenoxy) is 1.